The van der Waals surface area contributed by atoms with Crippen molar-refractivity contribution in [3.63, 3.8) is 0 Å². The maximum Gasteiger partial charge on any atom is 0.388 e. The van der Waals surface area contributed by atoms with E-state index in [4.69, 9.17) is 16.3 Å². The number of nitrogens with one attached hydrogen (secondary N) is 1. The standard InChI is InChI=1S/C25H18ClF3N4O5S/c26-17-6-14(7-21-16(17)11-37-12-22(27)39(21,35)36)24(34)31-10-15-8-20-13(9-30-15)4-5-19(32-20)18-2-1-3-23(33-18)38-25(28)29/h1-9,22,25H,10-12H2,(H,31,34)/t22-/m1/s1. The molecule has 1 atom stereocenters. The highest BCUT2D eigenvalue weighted by Gasteiger charge is 2.34. The molecule has 0 aliphatic carbocycles. The van der Waals surface area contributed by atoms with Gasteiger partial charge in [-0.1, -0.05) is 17.7 Å². The number of sulfone groups is 1. The fraction of sp³-hybridized carbons (Fsp3) is 0.200. The lowest BCUT2D eigenvalue weighted by molar-refractivity contribution is -0.0527. The summed E-state index contributed by atoms with van der Waals surface area (Å²) >= 11 is 6.20. The second kappa shape index (κ2) is 10.8. The summed E-state index contributed by atoms with van der Waals surface area (Å²) in [4.78, 5) is 25.3. The zero-order chi connectivity index (χ0) is 27.7. The van der Waals surface area contributed by atoms with E-state index in [1.165, 1.54) is 18.2 Å². The van der Waals surface area contributed by atoms with Crippen molar-refractivity contribution in [1.82, 2.24) is 20.3 Å². The van der Waals surface area contributed by atoms with Crippen molar-refractivity contribution in [2.75, 3.05) is 6.61 Å². The summed E-state index contributed by atoms with van der Waals surface area (Å²) in [5.41, 5.74) is -0.614. The Hall–Kier alpha value is -3.81. The van der Waals surface area contributed by atoms with E-state index in [0.29, 0.717) is 28.0 Å². The second-order valence-corrected chi connectivity index (χ2v) is 10.8. The Labute approximate surface area is 224 Å². The highest BCUT2D eigenvalue weighted by atomic mass is 35.5. The molecule has 14 heteroatoms. The summed E-state index contributed by atoms with van der Waals surface area (Å²) in [6.07, 6.45) is 1.55. The van der Waals surface area contributed by atoms with Crippen molar-refractivity contribution in [1.29, 1.82) is 0 Å². The Morgan fingerprint density at radius 2 is 1.95 bits per heavy atom. The second-order valence-electron chi connectivity index (χ2n) is 8.39. The smallest absolute Gasteiger partial charge is 0.388 e. The van der Waals surface area contributed by atoms with E-state index in [0.717, 1.165) is 6.07 Å². The number of fused-ring (bicyclic) bond motifs is 2. The molecule has 1 aliphatic rings. The van der Waals surface area contributed by atoms with Crippen LogP contribution in [0.5, 0.6) is 5.88 Å². The van der Waals surface area contributed by atoms with Gasteiger partial charge >= 0.3 is 6.61 Å². The maximum absolute atomic E-state index is 14.2. The van der Waals surface area contributed by atoms with E-state index in [1.807, 2.05) is 0 Å². The molecule has 0 saturated heterocycles. The molecule has 0 unspecified atom stereocenters. The minimum Gasteiger partial charge on any atom is -0.417 e. The van der Waals surface area contributed by atoms with Crippen LogP contribution in [0.25, 0.3) is 22.3 Å². The Balaban J connectivity index is 1.36. The number of benzene rings is 1. The molecule has 0 fully saturated rings. The van der Waals surface area contributed by atoms with Crippen LogP contribution in [0.3, 0.4) is 0 Å². The molecule has 0 saturated carbocycles. The number of pyridine rings is 3. The van der Waals surface area contributed by atoms with Crippen LogP contribution in [0.2, 0.25) is 5.02 Å². The van der Waals surface area contributed by atoms with Gasteiger partial charge in [-0.25, -0.2) is 22.8 Å². The summed E-state index contributed by atoms with van der Waals surface area (Å²) in [5.74, 6) is -0.901. The van der Waals surface area contributed by atoms with Gasteiger partial charge in [0.2, 0.25) is 21.2 Å². The molecular formula is C25H18ClF3N4O5S. The zero-order valence-corrected chi connectivity index (χ0v) is 21.3. The van der Waals surface area contributed by atoms with E-state index in [9.17, 15) is 26.4 Å². The van der Waals surface area contributed by atoms with E-state index in [-0.39, 0.29) is 40.1 Å². The molecule has 1 N–H and O–H groups in total. The van der Waals surface area contributed by atoms with Gasteiger partial charge in [0, 0.05) is 33.8 Å². The third-order valence-electron chi connectivity index (χ3n) is 5.81. The van der Waals surface area contributed by atoms with Crippen molar-refractivity contribution >= 4 is 38.2 Å². The molecule has 0 radical (unpaired) electrons. The first-order chi connectivity index (χ1) is 18.6. The number of nitrogens with zero attached hydrogens (tertiary/aromatic N) is 3. The Morgan fingerprint density at radius 3 is 2.74 bits per heavy atom. The lowest BCUT2D eigenvalue weighted by atomic mass is 10.1. The summed E-state index contributed by atoms with van der Waals surface area (Å²) in [6.45, 7) is -3.90. The van der Waals surface area contributed by atoms with Crippen LogP contribution in [-0.2, 0) is 27.7 Å². The van der Waals surface area contributed by atoms with Crippen molar-refractivity contribution in [2.45, 2.75) is 30.2 Å². The van der Waals surface area contributed by atoms with Crippen LogP contribution in [0, 0.1) is 0 Å². The molecule has 4 aromatic rings. The normalized spacial score (nSPS) is 16.5. The number of amides is 1. The average molecular weight is 579 g/mol. The molecular weight excluding hydrogens is 561 g/mol. The number of ether oxygens (including phenoxy) is 2. The third kappa shape index (κ3) is 5.65. The lowest BCUT2D eigenvalue weighted by Crippen LogP contribution is -2.24. The molecule has 1 aliphatic heterocycles. The number of hydrogen-bond donors (Lipinski definition) is 1. The van der Waals surface area contributed by atoms with Crippen molar-refractivity contribution in [3.8, 4) is 17.3 Å². The first kappa shape index (κ1) is 26.8. The topological polar surface area (TPSA) is 120 Å². The quantitative estimate of drug-likeness (QED) is 0.356. The Morgan fingerprint density at radius 1 is 1.15 bits per heavy atom. The number of hydrogen-bond acceptors (Lipinski definition) is 8. The van der Waals surface area contributed by atoms with Crippen LogP contribution in [0.15, 0.2) is 59.6 Å². The molecule has 202 valence electrons. The van der Waals surface area contributed by atoms with Crippen LogP contribution < -0.4 is 10.1 Å². The van der Waals surface area contributed by atoms with Crippen molar-refractivity contribution in [2.24, 2.45) is 0 Å². The minimum absolute atomic E-state index is 0.0347. The molecule has 3 aromatic heterocycles. The fourth-order valence-corrected chi connectivity index (χ4v) is 5.59. The first-order valence-electron chi connectivity index (χ1n) is 11.4. The monoisotopic (exact) mass is 578 g/mol. The number of halogens is 4. The van der Waals surface area contributed by atoms with Gasteiger partial charge in [-0.2, -0.15) is 8.78 Å². The van der Waals surface area contributed by atoms with E-state index in [2.05, 4.69) is 25.0 Å². The van der Waals surface area contributed by atoms with Gasteiger partial charge in [-0.15, -0.1) is 0 Å². The van der Waals surface area contributed by atoms with Crippen LogP contribution in [-0.4, -0.2) is 48.0 Å². The molecule has 39 heavy (non-hydrogen) atoms. The minimum atomic E-state index is -4.39. The van der Waals surface area contributed by atoms with Gasteiger partial charge in [0.1, 0.15) is 0 Å². The van der Waals surface area contributed by atoms with Gasteiger partial charge in [-0.3, -0.25) is 9.78 Å². The largest absolute Gasteiger partial charge is 0.417 e. The van der Waals surface area contributed by atoms with Crippen molar-refractivity contribution < 1.29 is 35.9 Å². The molecule has 1 amide bonds. The molecule has 0 spiro atoms. The van der Waals surface area contributed by atoms with Gasteiger partial charge in [0.25, 0.3) is 5.91 Å². The fourth-order valence-electron chi connectivity index (χ4n) is 3.90. The number of aromatic nitrogens is 3. The molecule has 1 aromatic carbocycles. The summed E-state index contributed by atoms with van der Waals surface area (Å²) < 4.78 is 73.7. The number of carbonyl (C=O) groups is 1. The molecule has 9 nitrogen and oxygen atoms in total. The molecule has 5 rings (SSSR count). The zero-order valence-electron chi connectivity index (χ0n) is 19.8. The predicted molar refractivity (Wildman–Crippen MR) is 134 cm³/mol. The highest BCUT2D eigenvalue weighted by molar-refractivity contribution is 7.92. The number of alkyl halides is 3. The van der Waals surface area contributed by atoms with Gasteiger partial charge in [-0.05, 0) is 36.4 Å². The Bertz CT molecular complexity index is 1690. The first-order valence-corrected chi connectivity index (χ1v) is 13.3. The van der Waals surface area contributed by atoms with Gasteiger partial charge < -0.3 is 14.8 Å². The molecule has 4 heterocycles. The third-order valence-corrected chi connectivity index (χ3v) is 7.94. The summed E-state index contributed by atoms with van der Waals surface area (Å²) in [7, 11) is -4.39. The maximum atomic E-state index is 14.2. The highest BCUT2D eigenvalue weighted by Crippen LogP contribution is 2.32. The predicted octanol–water partition coefficient (Wildman–Crippen LogP) is 4.48. The van der Waals surface area contributed by atoms with E-state index >= 15 is 0 Å². The van der Waals surface area contributed by atoms with E-state index in [1.54, 1.807) is 30.5 Å². The average Bonchev–Trinajstić information content (AvgIpc) is 3.02. The summed E-state index contributed by atoms with van der Waals surface area (Å²) in [5, 5.41) is 3.28. The van der Waals surface area contributed by atoms with Crippen LogP contribution >= 0.6 is 11.6 Å². The SMILES string of the molecule is O=C(NCc1cc2nc(-c3cccc(OC(F)F)n3)ccc2cn1)c1cc(Cl)c2c(c1)S(=O)(=O)[C@@H](F)COC2. The van der Waals surface area contributed by atoms with Gasteiger partial charge in [0.15, 0.2) is 0 Å². The van der Waals surface area contributed by atoms with E-state index < -0.39 is 34.5 Å². The molecule has 0 bridgehead atoms. The Kier molecular flexibility index (Phi) is 7.38. The summed E-state index contributed by atoms with van der Waals surface area (Å²) in [6, 6.07) is 11.8. The number of carbonyl (C=O) groups excluding carboxylic acids is 1. The number of rotatable bonds is 6. The van der Waals surface area contributed by atoms with Crippen LogP contribution in [0.1, 0.15) is 21.6 Å². The van der Waals surface area contributed by atoms with Crippen LogP contribution in [0.4, 0.5) is 13.2 Å². The van der Waals surface area contributed by atoms with Gasteiger partial charge in [0.05, 0.1) is 47.3 Å². The lowest BCUT2D eigenvalue weighted by Gasteiger charge is -2.12. The van der Waals surface area contributed by atoms with Crippen molar-refractivity contribution in [3.05, 3.63) is 76.6 Å².